The van der Waals surface area contributed by atoms with Gasteiger partial charge in [-0.2, -0.15) is 5.10 Å². The SMILES string of the molecule is CC(C)CN1CCn2nc(CNC(=O)c3ccc(Cl)c(Cl)c3)cc2C1. The van der Waals surface area contributed by atoms with Gasteiger partial charge in [-0.1, -0.05) is 37.0 Å². The molecule has 2 aromatic rings. The fraction of sp³-hybridized carbons (Fsp3) is 0.444. The summed E-state index contributed by atoms with van der Waals surface area (Å²) < 4.78 is 2.04. The molecule has 1 N–H and O–H groups in total. The molecule has 0 aliphatic carbocycles. The van der Waals surface area contributed by atoms with Gasteiger partial charge in [0, 0.05) is 25.2 Å². The smallest absolute Gasteiger partial charge is 0.251 e. The van der Waals surface area contributed by atoms with Crippen LogP contribution in [-0.2, 0) is 19.6 Å². The number of benzene rings is 1. The van der Waals surface area contributed by atoms with E-state index in [9.17, 15) is 4.79 Å². The Kier molecular flexibility index (Phi) is 5.67. The number of halogens is 2. The van der Waals surface area contributed by atoms with Crippen LogP contribution in [0.15, 0.2) is 24.3 Å². The molecule has 0 fully saturated rings. The van der Waals surface area contributed by atoms with Crippen LogP contribution in [0.25, 0.3) is 0 Å². The van der Waals surface area contributed by atoms with Gasteiger partial charge < -0.3 is 5.32 Å². The van der Waals surface area contributed by atoms with Gasteiger partial charge in [0.15, 0.2) is 0 Å². The van der Waals surface area contributed by atoms with Gasteiger partial charge in [-0.3, -0.25) is 14.4 Å². The molecule has 3 rings (SSSR count). The van der Waals surface area contributed by atoms with Crippen molar-refractivity contribution in [3.8, 4) is 0 Å². The van der Waals surface area contributed by atoms with E-state index in [1.165, 1.54) is 5.69 Å². The second kappa shape index (κ2) is 7.77. The molecule has 1 aromatic carbocycles. The number of nitrogens with one attached hydrogen (secondary N) is 1. The van der Waals surface area contributed by atoms with Gasteiger partial charge in [0.05, 0.1) is 34.5 Å². The van der Waals surface area contributed by atoms with Gasteiger partial charge in [0.2, 0.25) is 0 Å². The van der Waals surface area contributed by atoms with Crippen LogP contribution in [0.1, 0.15) is 35.6 Å². The molecule has 1 aromatic heterocycles. The Labute approximate surface area is 157 Å². The van der Waals surface area contributed by atoms with Crippen molar-refractivity contribution >= 4 is 29.1 Å². The highest BCUT2D eigenvalue weighted by Crippen LogP contribution is 2.22. The van der Waals surface area contributed by atoms with E-state index in [0.717, 1.165) is 31.9 Å². The van der Waals surface area contributed by atoms with Crippen LogP contribution >= 0.6 is 23.2 Å². The lowest BCUT2D eigenvalue weighted by molar-refractivity contribution is 0.0950. The van der Waals surface area contributed by atoms with Gasteiger partial charge in [-0.25, -0.2) is 0 Å². The summed E-state index contributed by atoms with van der Waals surface area (Å²) in [6.07, 6.45) is 0. The van der Waals surface area contributed by atoms with Crippen molar-refractivity contribution in [1.82, 2.24) is 20.0 Å². The topological polar surface area (TPSA) is 50.2 Å². The average Bonchev–Trinajstić information content (AvgIpc) is 2.96. The van der Waals surface area contributed by atoms with Crippen molar-refractivity contribution in [2.45, 2.75) is 33.5 Å². The van der Waals surface area contributed by atoms with Crippen molar-refractivity contribution in [2.75, 3.05) is 13.1 Å². The van der Waals surface area contributed by atoms with E-state index in [1.54, 1.807) is 18.2 Å². The number of hydrogen-bond acceptors (Lipinski definition) is 3. The Hall–Kier alpha value is -1.56. The van der Waals surface area contributed by atoms with E-state index in [-0.39, 0.29) is 5.91 Å². The standard InChI is InChI=1S/C18H22Cl2N4O/c1-12(2)10-23-5-6-24-15(11-23)8-14(22-24)9-21-18(25)13-3-4-16(19)17(20)7-13/h3-4,7-8,12H,5-6,9-11H2,1-2H3,(H,21,25). The number of carbonyl (C=O) groups is 1. The second-order valence-electron chi connectivity index (χ2n) is 6.79. The fourth-order valence-corrected chi connectivity index (χ4v) is 3.35. The summed E-state index contributed by atoms with van der Waals surface area (Å²) >= 11 is 11.8. The molecule has 0 spiro atoms. The number of aromatic nitrogens is 2. The molecule has 2 heterocycles. The van der Waals surface area contributed by atoms with Crippen LogP contribution in [-0.4, -0.2) is 33.7 Å². The molecule has 7 heteroatoms. The minimum absolute atomic E-state index is 0.189. The molecule has 0 saturated carbocycles. The predicted octanol–water partition coefficient (Wildman–Crippen LogP) is 3.59. The van der Waals surface area contributed by atoms with Crippen LogP contribution in [0.3, 0.4) is 0 Å². The molecule has 0 saturated heterocycles. The van der Waals surface area contributed by atoms with Gasteiger partial charge >= 0.3 is 0 Å². The molecule has 134 valence electrons. The molecule has 1 aliphatic heterocycles. The summed E-state index contributed by atoms with van der Waals surface area (Å²) in [6.45, 7) is 8.76. The van der Waals surface area contributed by atoms with Gasteiger partial charge in [-0.05, 0) is 30.2 Å². The van der Waals surface area contributed by atoms with E-state index >= 15 is 0 Å². The highest BCUT2D eigenvalue weighted by atomic mass is 35.5. The van der Waals surface area contributed by atoms with E-state index < -0.39 is 0 Å². The van der Waals surface area contributed by atoms with Gasteiger partial charge in [-0.15, -0.1) is 0 Å². The molecule has 0 radical (unpaired) electrons. The van der Waals surface area contributed by atoms with Crippen LogP contribution in [0.2, 0.25) is 10.0 Å². The maximum atomic E-state index is 12.2. The zero-order chi connectivity index (χ0) is 18.0. The Bertz CT molecular complexity index is 772. The summed E-state index contributed by atoms with van der Waals surface area (Å²) in [6, 6.07) is 6.92. The van der Waals surface area contributed by atoms with Gasteiger partial charge in [0.1, 0.15) is 0 Å². The van der Waals surface area contributed by atoms with Crippen molar-refractivity contribution in [3.63, 3.8) is 0 Å². The van der Waals surface area contributed by atoms with E-state index in [4.69, 9.17) is 23.2 Å². The lowest BCUT2D eigenvalue weighted by Crippen LogP contribution is -2.36. The van der Waals surface area contributed by atoms with Crippen molar-refractivity contribution in [1.29, 1.82) is 0 Å². The maximum absolute atomic E-state index is 12.2. The fourth-order valence-electron chi connectivity index (χ4n) is 3.05. The highest BCUT2D eigenvalue weighted by molar-refractivity contribution is 6.42. The number of rotatable bonds is 5. The first-order chi connectivity index (χ1) is 11.9. The number of carbonyl (C=O) groups excluding carboxylic acids is 1. The van der Waals surface area contributed by atoms with E-state index in [1.807, 2.05) is 4.68 Å². The monoisotopic (exact) mass is 380 g/mol. The molecule has 0 unspecified atom stereocenters. The van der Waals surface area contributed by atoms with Crippen molar-refractivity contribution in [2.24, 2.45) is 5.92 Å². The summed E-state index contributed by atoms with van der Waals surface area (Å²) in [5, 5.41) is 8.28. The second-order valence-corrected chi connectivity index (χ2v) is 7.61. The Balaban J connectivity index is 1.60. The summed E-state index contributed by atoms with van der Waals surface area (Å²) in [4.78, 5) is 14.7. The summed E-state index contributed by atoms with van der Waals surface area (Å²) in [5.74, 6) is 0.463. The third-order valence-corrected chi connectivity index (χ3v) is 4.90. The van der Waals surface area contributed by atoms with E-state index in [2.05, 4.69) is 35.2 Å². The average molecular weight is 381 g/mol. The first-order valence-electron chi connectivity index (χ1n) is 8.43. The predicted molar refractivity (Wildman–Crippen MR) is 100.0 cm³/mol. The summed E-state index contributed by atoms with van der Waals surface area (Å²) in [7, 11) is 0. The molecular weight excluding hydrogens is 359 g/mol. The zero-order valence-electron chi connectivity index (χ0n) is 14.4. The first kappa shape index (κ1) is 18.2. The van der Waals surface area contributed by atoms with Crippen LogP contribution in [0.4, 0.5) is 0 Å². The first-order valence-corrected chi connectivity index (χ1v) is 9.19. The van der Waals surface area contributed by atoms with Crippen molar-refractivity contribution < 1.29 is 4.79 Å². The maximum Gasteiger partial charge on any atom is 0.251 e. The van der Waals surface area contributed by atoms with Gasteiger partial charge in [0.25, 0.3) is 5.91 Å². The van der Waals surface area contributed by atoms with Crippen molar-refractivity contribution in [3.05, 3.63) is 51.3 Å². The molecule has 1 aliphatic rings. The molecule has 1 amide bonds. The number of fused-ring (bicyclic) bond motifs is 1. The summed E-state index contributed by atoms with van der Waals surface area (Å²) in [5.41, 5.74) is 2.56. The molecule has 0 atom stereocenters. The van der Waals surface area contributed by atoms with Crippen LogP contribution < -0.4 is 5.32 Å². The largest absolute Gasteiger partial charge is 0.346 e. The van der Waals surface area contributed by atoms with Crippen LogP contribution in [0.5, 0.6) is 0 Å². The Morgan fingerprint density at radius 1 is 1.24 bits per heavy atom. The Morgan fingerprint density at radius 2 is 2.04 bits per heavy atom. The quantitative estimate of drug-likeness (QED) is 0.861. The number of nitrogens with zero attached hydrogens (tertiary/aromatic N) is 3. The van der Waals surface area contributed by atoms with E-state index in [0.29, 0.717) is 28.1 Å². The molecule has 5 nitrogen and oxygen atoms in total. The molecule has 25 heavy (non-hydrogen) atoms. The number of hydrogen-bond donors (Lipinski definition) is 1. The minimum atomic E-state index is -0.189. The normalized spacial score (nSPS) is 14.6. The lowest BCUT2D eigenvalue weighted by Gasteiger charge is -2.28. The Morgan fingerprint density at radius 3 is 2.76 bits per heavy atom. The highest BCUT2D eigenvalue weighted by Gasteiger charge is 2.19. The third kappa shape index (κ3) is 4.54. The van der Waals surface area contributed by atoms with Crippen LogP contribution in [0, 0.1) is 5.92 Å². The number of amides is 1. The lowest BCUT2D eigenvalue weighted by atomic mass is 10.2. The zero-order valence-corrected chi connectivity index (χ0v) is 15.9. The third-order valence-electron chi connectivity index (χ3n) is 4.16. The molecular formula is C18H22Cl2N4O. The molecule has 0 bridgehead atoms. The minimum Gasteiger partial charge on any atom is -0.346 e.